The van der Waals surface area contributed by atoms with E-state index in [9.17, 15) is 18.0 Å². The molecule has 0 aliphatic rings. The number of sulfonamides is 1. The summed E-state index contributed by atoms with van der Waals surface area (Å²) in [7, 11) is -0.741. The first-order chi connectivity index (χ1) is 13.9. The first-order valence-electron chi connectivity index (χ1n) is 9.65. The Balaban J connectivity index is 2.26. The van der Waals surface area contributed by atoms with Crippen LogP contribution in [0.25, 0.3) is 0 Å². The van der Waals surface area contributed by atoms with E-state index in [1.807, 2.05) is 32.9 Å². The number of amides is 2. The molecule has 2 amide bonds. The van der Waals surface area contributed by atoms with Crippen LogP contribution < -0.4 is 10.6 Å². The molecule has 2 aromatic rings. The summed E-state index contributed by atoms with van der Waals surface area (Å²) in [6.07, 6.45) is 0. The van der Waals surface area contributed by atoms with Crippen LogP contribution in [0.2, 0.25) is 0 Å². The third-order valence-corrected chi connectivity index (χ3v) is 6.80. The van der Waals surface area contributed by atoms with Gasteiger partial charge in [-0.05, 0) is 49.1 Å². The maximum Gasteiger partial charge on any atom is 0.252 e. The number of hydrogen-bond acceptors (Lipinski definition) is 4. The summed E-state index contributed by atoms with van der Waals surface area (Å²) < 4.78 is 26.2. The molecule has 1 atom stereocenters. The van der Waals surface area contributed by atoms with Crippen LogP contribution in [0, 0.1) is 19.8 Å². The van der Waals surface area contributed by atoms with Crippen molar-refractivity contribution in [3.63, 3.8) is 0 Å². The molecular weight excluding hydrogens is 402 g/mol. The van der Waals surface area contributed by atoms with Gasteiger partial charge < -0.3 is 10.6 Å². The van der Waals surface area contributed by atoms with Crippen LogP contribution in [0.3, 0.4) is 0 Å². The maximum atomic E-state index is 12.9. The van der Waals surface area contributed by atoms with Gasteiger partial charge in [0.2, 0.25) is 15.9 Å². The van der Waals surface area contributed by atoms with E-state index < -0.39 is 22.0 Å². The van der Waals surface area contributed by atoms with E-state index in [4.69, 9.17) is 0 Å². The van der Waals surface area contributed by atoms with Crippen molar-refractivity contribution >= 4 is 27.5 Å². The van der Waals surface area contributed by atoms with Crippen molar-refractivity contribution in [3.8, 4) is 0 Å². The minimum absolute atomic E-state index is 0.121. The summed E-state index contributed by atoms with van der Waals surface area (Å²) >= 11 is 0. The lowest BCUT2D eigenvalue weighted by atomic mass is 10.0. The molecule has 0 saturated heterocycles. The first kappa shape index (κ1) is 23.6. The largest absolute Gasteiger partial charge is 0.340 e. The second-order valence-corrected chi connectivity index (χ2v) is 9.89. The normalized spacial score (nSPS) is 12.7. The summed E-state index contributed by atoms with van der Waals surface area (Å²) in [4.78, 5) is 25.7. The smallest absolute Gasteiger partial charge is 0.252 e. The van der Waals surface area contributed by atoms with Gasteiger partial charge in [0, 0.05) is 25.3 Å². The fraction of sp³-hybridized carbons (Fsp3) is 0.364. The molecule has 0 fully saturated rings. The van der Waals surface area contributed by atoms with Crippen LogP contribution in [-0.2, 0) is 14.8 Å². The molecule has 30 heavy (non-hydrogen) atoms. The van der Waals surface area contributed by atoms with Crippen LogP contribution in [0.5, 0.6) is 0 Å². The summed E-state index contributed by atoms with van der Waals surface area (Å²) in [5.41, 5.74) is 2.25. The molecule has 162 valence electrons. The molecule has 0 spiro atoms. The summed E-state index contributed by atoms with van der Waals surface area (Å²) in [5, 5.41) is 5.53. The van der Waals surface area contributed by atoms with Gasteiger partial charge in [0.05, 0.1) is 4.90 Å². The van der Waals surface area contributed by atoms with Gasteiger partial charge >= 0.3 is 0 Å². The van der Waals surface area contributed by atoms with Crippen LogP contribution >= 0.6 is 0 Å². The molecule has 2 aromatic carbocycles. The zero-order chi connectivity index (χ0) is 22.6. The number of rotatable bonds is 7. The number of carbonyl (C=O) groups is 2. The maximum absolute atomic E-state index is 12.9. The second kappa shape index (κ2) is 9.40. The molecule has 7 nitrogen and oxygen atoms in total. The Morgan fingerprint density at radius 2 is 1.60 bits per heavy atom. The Bertz CT molecular complexity index is 1050. The molecule has 0 saturated carbocycles. The van der Waals surface area contributed by atoms with Gasteiger partial charge in [0.15, 0.2) is 0 Å². The summed E-state index contributed by atoms with van der Waals surface area (Å²) in [6.45, 7) is 7.19. The van der Waals surface area contributed by atoms with Gasteiger partial charge in [-0.25, -0.2) is 12.7 Å². The number of benzene rings is 2. The highest BCUT2D eigenvalue weighted by Gasteiger charge is 2.26. The number of nitrogens with one attached hydrogen (secondary N) is 2. The van der Waals surface area contributed by atoms with Crippen molar-refractivity contribution in [3.05, 3.63) is 59.2 Å². The molecule has 0 unspecified atom stereocenters. The van der Waals surface area contributed by atoms with Crippen LogP contribution in [0.4, 0.5) is 5.69 Å². The van der Waals surface area contributed by atoms with Crippen molar-refractivity contribution in [2.45, 2.75) is 38.6 Å². The van der Waals surface area contributed by atoms with Gasteiger partial charge in [-0.1, -0.05) is 38.1 Å². The Morgan fingerprint density at radius 1 is 0.967 bits per heavy atom. The number of anilines is 1. The minimum atomic E-state index is -3.65. The SMILES string of the molecule is Cc1ccccc1C(=O)N[C@H](C(=O)Nc1ccc(C)c(S(=O)(=O)N(C)C)c1)C(C)C. The first-order valence-corrected chi connectivity index (χ1v) is 11.1. The topological polar surface area (TPSA) is 95.6 Å². The second-order valence-electron chi connectivity index (χ2n) is 7.77. The molecule has 0 aromatic heterocycles. The monoisotopic (exact) mass is 431 g/mol. The molecule has 0 bridgehead atoms. The minimum Gasteiger partial charge on any atom is -0.340 e. The molecule has 8 heteroatoms. The lowest BCUT2D eigenvalue weighted by Gasteiger charge is -2.22. The van der Waals surface area contributed by atoms with Gasteiger partial charge in [-0.3, -0.25) is 9.59 Å². The van der Waals surface area contributed by atoms with E-state index in [2.05, 4.69) is 10.6 Å². The molecule has 2 N–H and O–H groups in total. The summed E-state index contributed by atoms with van der Waals surface area (Å²) in [6, 6.07) is 11.1. The van der Waals surface area contributed by atoms with E-state index in [0.29, 0.717) is 16.8 Å². The van der Waals surface area contributed by atoms with Crippen molar-refractivity contribution in [1.82, 2.24) is 9.62 Å². The Kier molecular flexibility index (Phi) is 7.39. The third kappa shape index (κ3) is 5.25. The van der Waals surface area contributed by atoms with Crippen LogP contribution in [-0.4, -0.2) is 44.7 Å². The Morgan fingerprint density at radius 3 is 2.17 bits per heavy atom. The van der Waals surface area contributed by atoms with E-state index >= 15 is 0 Å². The van der Waals surface area contributed by atoms with Gasteiger partial charge in [0.1, 0.15) is 6.04 Å². The van der Waals surface area contributed by atoms with Crippen LogP contribution in [0.15, 0.2) is 47.4 Å². The highest BCUT2D eigenvalue weighted by molar-refractivity contribution is 7.89. The van der Waals surface area contributed by atoms with Gasteiger partial charge in [-0.15, -0.1) is 0 Å². The lowest BCUT2D eigenvalue weighted by molar-refractivity contribution is -0.118. The average Bonchev–Trinajstić information content (AvgIpc) is 2.67. The standard InChI is InChI=1S/C22H29N3O4S/c1-14(2)20(24-21(26)18-10-8-7-9-15(18)3)22(27)23-17-12-11-16(4)19(13-17)30(28,29)25(5)6/h7-14,20H,1-6H3,(H,23,27)(H,24,26)/t20-/m0/s1. The highest BCUT2D eigenvalue weighted by atomic mass is 32.2. The zero-order valence-corrected chi connectivity index (χ0v) is 19.0. The zero-order valence-electron chi connectivity index (χ0n) is 18.2. The molecule has 0 heterocycles. The molecule has 2 rings (SSSR count). The predicted octanol–water partition coefficient (Wildman–Crippen LogP) is 2.95. The van der Waals surface area contributed by atoms with E-state index in [-0.39, 0.29) is 16.7 Å². The van der Waals surface area contributed by atoms with E-state index in [1.54, 1.807) is 31.2 Å². The Labute approximate surface area is 178 Å². The van der Waals surface area contributed by atoms with Crippen molar-refractivity contribution in [1.29, 1.82) is 0 Å². The van der Waals surface area contributed by atoms with E-state index in [0.717, 1.165) is 9.87 Å². The lowest BCUT2D eigenvalue weighted by Crippen LogP contribution is -2.47. The number of aryl methyl sites for hydroxylation is 2. The predicted molar refractivity (Wildman–Crippen MR) is 118 cm³/mol. The van der Waals surface area contributed by atoms with Crippen molar-refractivity contribution in [2.24, 2.45) is 5.92 Å². The number of carbonyl (C=O) groups excluding carboxylic acids is 2. The fourth-order valence-electron chi connectivity index (χ4n) is 2.95. The van der Waals surface area contributed by atoms with E-state index in [1.165, 1.54) is 20.2 Å². The Hall–Kier alpha value is -2.71. The quantitative estimate of drug-likeness (QED) is 0.705. The van der Waals surface area contributed by atoms with Gasteiger partial charge in [0.25, 0.3) is 5.91 Å². The molecule has 0 aliphatic carbocycles. The number of hydrogen-bond donors (Lipinski definition) is 2. The molecular formula is C22H29N3O4S. The fourth-order valence-corrected chi connectivity index (χ4v) is 4.10. The molecule has 0 radical (unpaired) electrons. The highest BCUT2D eigenvalue weighted by Crippen LogP contribution is 2.23. The molecule has 0 aliphatic heterocycles. The van der Waals surface area contributed by atoms with Crippen molar-refractivity contribution in [2.75, 3.05) is 19.4 Å². The van der Waals surface area contributed by atoms with Crippen molar-refractivity contribution < 1.29 is 18.0 Å². The number of nitrogens with zero attached hydrogens (tertiary/aromatic N) is 1. The third-order valence-electron chi connectivity index (χ3n) is 4.84. The van der Waals surface area contributed by atoms with Gasteiger partial charge in [-0.2, -0.15) is 0 Å². The summed E-state index contributed by atoms with van der Waals surface area (Å²) in [5.74, 6) is -0.917. The average molecular weight is 432 g/mol. The van der Waals surface area contributed by atoms with Crippen LogP contribution in [0.1, 0.15) is 35.3 Å².